The smallest absolute Gasteiger partial charge is 0.338 e. The third kappa shape index (κ3) is 4.61. The topological polar surface area (TPSA) is 50.7 Å². The lowest BCUT2D eigenvalue weighted by Gasteiger charge is -2.28. The van der Waals surface area contributed by atoms with Gasteiger partial charge in [-0.05, 0) is 18.1 Å². The zero-order valence-electron chi connectivity index (χ0n) is 15.8. The van der Waals surface area contributed by atoms with Crippen LogP contribution in [-0.4, -0.2) is 23.0 Å². The number of carbonyl (C=O) groups excluding carboxylic acids is 1. The fourth-order valence-corrected chi connectivity index (χ4v) is 3.71. The first-order chi connectivity index (χ1) is 13.1. The zero-order valence-corrected chi connectivity index (χ0v) is 16.6. The molecule has 1 aliphatic rings. The number of hydrogen-bond acceptors (Lipinski definition) is 5. The Morgan fingerprint density at radius 2 is 1.74 bits per heavy atom. The SMILES string of the molecule is CCOC(=O)C1=C(c2ccccc2)NC(SC(C)C)=N[C@H]1c1ccccc1. The molecule has 0 fully saturated rings. The van der Waals surface area contributed by atoms with Gasteiger partial charge in [0.25, 0.3) is 0 Å². The minimum atomic E-state index is -0.400. The van der Waals surface area contributed by atoms with Gasteiger partial charge in [0.2, 0.25) is 0 Å². The van der Waals surface area contributed by atoms with Gasteiger partial charge in [0.15, 0.2) is 5.17 Å². The van der Waals surface area contributed by atoms with Crippen molar-refractivity contribution in [2.75, 3.05) is 6.61 Å². The lowest BCUT2D eigenvalue weighted by molar-refractivity contribution is -0.138. The summed E-state index contributed by atoms with van der Waals surface area (Å²) in [5.74, 6) is -0.338. The molecule has 2 aromatic carbocycles. The van der Waals surface area contributed by atoms with Crippen LogP contribution in [0.1, 0.15) is 37.9 Å². The van der Waals surface area contributed by atoms with E-state index in [2.05, 4.69) is 19.2 Å². The number of nitrogens with zero attached hydrogens (tertiary/aromatic N) is 1. The Morgan fingerprint density at radius 3 is 2.33 bits per heavy atom. The van der Waals surface area contributed by atoms with Crippen molar-refractivity contribution in [3.8, 4) is 0 Å². The molecule has 0 bridgehead atoms. The first-order valence-electron chi connectivity index (χ1n) is 9.13. The van der Waals surface area contributed by atoms with E-state index in [1.807, 2.05) is 67.6 Å². The average molecular weight is 381 g/mol. The maximum Gasteiger partial charge on any atom is 0.338 e. The van der Waals surface area contributed by atoms with Gasteiger partial charge in [0.1, 0.15) is 6.04 Å². The molecule has 0 spiro atoms. The van der Waals surface area contributed by atoms with E-state index in [4.69, 9.17) is 9.73 Å². The van der Waals surface area contributed by atoms with Crippen LogP contribution in [0.4, 0.5) is 0 Å². The van der Waals surface area contributed by atoms with Crippen LogP contribution in [0.2, 0.25) is 0 Å². The second-order valence-electron chi connectivity index (χ2n) is 6.41. The molecule has 3 rings (SSSR count). The van der Waals surface area contributed by atoms with Crippen LogP contribution in [-0.2, 0) is 9.53 Å². The Kier molecular flexibility index (Phi) is 6.35. The maximum atomic E-state index is 12.9. The molecule has 27 heavy (non-hydrogen) atoms. The van der Waals surface area contributed by atoms with Crippen LogP contribution in [0.3, 0.4) is 0 Å². The highest BCUT2D eigenvalue weighted by atomic mass is 32.2. The molecule has 0 amide bonds. The quantitative estimate of drug-likeness (QED) is 0.757. The largest absolute Gasteiger partial charge is 0.463 e. The Hall–Kier alpha value is -2.53. The molecule has 0 saturated carbocycles. The van der Waals surface area contributed by atoms with E-state index in [1.54, 1.807) is 11.8 Å². The summed E-state index contributed by atoms with van der Waals surface area (Å²) >= 11 is 1.65. The van der Waals surface area contributed by atoms with Crippen LogP contribution in [0.5, 0.6) is 0 Å². The van der Waals surface area contributed by atoms with Crippen LogP contribution >= 0.6 is 11.8 Å². The van der Waals surface area contributed by atoms with Crippen molar-refractivity contribution < 1.29 is 9.53 Å². The van der Waals surface area contributed by atoms with Crippen molar-refractivity contribution in [3.63, 3.8) is 0 Å². The molecular formula is C22H24N2O2S. The number of esters is 1. The number of ether oxygens (including phenoxy) is 1. The van der Waals surface area contributed by atoms with E-state index in [1.165, 1.54) is 0 Å². The second-order valence-corrected chi connectivity index (χ2v) is 7.98. The number of hydrogen-bond donors (Lipinski definition) is 1. The van der Waals surface area contributed by atoms with E-state index < -0.39 is 6.04 Å². The van der Waals surface area contributed by atoms with E-state index in [0.717, 1.165) is 22.0 Å². The Labute approximate surface area is 164 Å². The van der Waals surface area contributed by atoms with Crippen LogP contribution < -0.4 is 5.32 Å². The van der Waals surface area contributed by atoms with Crippen molar-refractivity contribution >= 4 is 28.6 Å². The van der Waals surface area contributed by atoms with Crippen LogP contribution in [0, 0.1) is 0 Å². The summed E-state index contributed by atoms with van der Waals surface area (Å²) in [4.78, 5) is 17.8. The number of thioether (sulfide) groups is 1. The normalized spacial score (nSPS) is 16.7. The van der Waals surface area contributed by atoms with Crippen LogP contribution in [0.15, 0.2) is 71.2 Å². The Balaban J connectivity index is 2.16. The molecule has 1 aliphatic heterocycles. The molecule has 2 aromatic rings. The number of rotatable bonds is 5. The summed E-state index contributed by atoms with van der Waals surface area (Å²) in [6.45, 7) is 6.39. The molecule has 1 N–H and O–H groups in total. The number of aliphatic imine (C=N–C) groups is 1. The summed E-state index contributed by atoms with van der Waals surface area (Å²) in [7, 11) is 0. The van der Waals surface area contributed by atoms with Crippen molar-refractivity contribution in [1.29, 1.82) is 0 Å². The molecule has 0 aromatic heterocycles. The van der Waals surface area contributed by atoms with E-state index in [0.29, 0.717) is 17.4 Å². The first kappa shape index (κ1) is 19.2. The van der Waals surface area contributed by atoms with Gasteiger partial charge in [-0.1, -0.05) is 86.3 Å². The number of benzene rings is 2. The number of amidine groups is 1. The molecule has 0 saturated heterocycles. The Bertz CT molecular complexity index is 845. The molecule has 0 radical (unpaired) electrons. The maximum absolute atomic E-state index is 12.9. The minimum Gasteiger partial charge on any atom is -0.463 e. The molecule has 1 atom stereocenters. The molecule has 140 valence electrons. The summed E-state index contributed by atoms with van der Waals surface area (Å²) in [6.07, 6.45) is 0. The highest BCUT2D eigenvalue weighted by Crippen LogP contribution is 2.36. The third-order valence-electron chi connectivity index (χ3n) is 4.04. The van der Waals surface area contributed by atoms with Gasteiger partial charge in [-0.3, -0.25) is 0 Å². The van der Waals surface area contributed by atoms with Crippen molar-refractivity contribution in [2.45, 2.75) is 32.1 Å². The summed E-state index contributed by atoms with van der Waals surface area (Å²) in [5.41, 5.74) is 3.22. The van der Waals surface area contributed by atoms with E-state index in [9.17, 15) is 4.79 Å². The zero-order chi connectivity index (χ0) is 19.2. The monoisotopic (exact) mass is 380 g/mol. The van der Waals surface area contributed by atoms with Gasteiger partial charge in [0.05, 0.1) is 17.9 Å². The minimum absolute atomic E-state index is 0.323. The number of carbonyl (C=O) groups is 1. The van der Waals surface area contributed by atoms with Crippen LogP contribution in [0.25, 0.3) is 5.70 Å². The summed E-state index contributed by atoms with van der Waals surface area (Å²) in [6, 6.07) is 19.4. The van der Waals surface area contributed by atoms with Gasteiger partial charge in [-0.2, -0.15) is 0 Å². The van der Waals surface area contributed by atoms with Gasteiger partial charge < -0.3 is 10.1 Å². The van der Waals surface area contributed by atoms with Gasteiger partial charge in [0, 0.05) is 5.25 Å². The van der Waals surface area contributed by atoms with E-state index in [-0.39, 0.29) is 5.97 Å². The Morgan fingerprint density at radius 1 is 1.11 bits per heavy atom. The summed E-state index contributed by atoms with van der Waals surface area (Å²) < 4.78 is 5.39. The lowest BCUT2D eigenvalue weighted by Crippen LogP contribution is -2.31. The molecule has 0 unspecified atom stereocenters. The summed E-state index contributed by atoms with van der Waals surface area (Å²) in [5, 5.41) is 4.56. The predicted octanol–water partition coefficient (Wildman–Crippen LogP) is 4.80. The molecule has 0 aliphatic carbocycles. The average Bonchev–Trinajstić information content (AvgIpc) is 2.68. The third-order valence-corrected chi connectivity index (χ3v) is 4.94. The number of nitrogens with one attached hydrogen (secondary N) is 1. The fourth-order valence-electron chi connectivity index (χ4n) is 2.94. The first-order valence-corrected chi connectivity index (χ1v) is 10.0. The van der Waals surface area contributed by atoms with Crippen molar-refractivity contribution in [1.82, 2.24) is 5.32 Å². The van der Waals surface area contributed by atoms with Crippen molar-refractivity contribution in [2.24, 2.45) is 4.99 Å². The second kappa shape index (κ2) is 8.91. The van der Waals surface area contributed by atoms with Gasteiger partial charge >= 0.3 is 5.97 Å². The lowest BCUT2D eigenvalue weighted by atomic mass is 9.94. The van der Waals surface area contributed by atoms with E-state index >= 15 is 0 Å². The van der Waals surface area contributed by atoms with Crippen molar-refractivity contribution in [3.05, 3.63) is 77.4 Å². The standard InChI is InChI=1S/C22H24N2O2S/c1-4-26-21(25)18-19(16-11-7-5-8-12-16)23-22(27-15(2)3)24-20(18)17-13-9-6-10-14-17/h5-15,19H,4H2,1-3H3,(H,23,24)/t19-/m0/s1. The molecule has 5 heteroatoms. The predicted molar refractivity (Wildman–Crippen MR) is 112 cm³/mol. The highest BCUT2D eigenvalue weighted by molar-refractivity contribution is 8.14. The van der Waals surface area contributed by atoms with Gasteiger partial charge in [-0.25, -0.2) is 9.79 Å². The molecule has 1 heterocycles. The molecule has 4 nitrogen and oxygen atoms in total. The highest BCUT2D eigenvalue weighted by Gasteiger charge is 2.32. The molecular weight excluding hydrogens is 356 g/mol. The fraction of sp³-hybridized carbons (Fsp3) is 0.273. The van der Waals surface area contributed by atoms with Gasteiger partial charge in [-0.15, -0.1) is 0 Å².